The summed E-state index contributed by atoms with van der Waals surface area (Å²) in [7, 11) is 1.59. The number of nitrogens with one attached hydrogen (secondary N) is 1. The second-order valence-electron chi connectivity index (χ2n) is 7.44. The van der Waals surface area contributed by atoms with E-state index in [0.29, 0.717) is 36.2 Å². The minimum absolute atomic E-state index is 0.00474. The zero-order valence-electron chi connectivity index (χ0n) is 16.8. The lowest BCUT2D eigenvalue weighted by molar-refractivity contribution is 0.220. The van der Waals surface area contributed by atoms with E-state index in [2.05, 4.69) is 22.4 Å². The Balaban J connectivity index is 1.47. The maximum atomic E-state index is 12.8. The number of nitrogens with zero attached hydrogens (tertiary/aromatic N) is 3. The van der Waals surface area contributed by atoms with E-state index < -0.39 is 0 Å². The summed E-state index contributed by atoms with van der Waals surface area (Å²) in [5, 5.41) is 7.08. The first-order valence-electron chi connectivity index (χ1n) is 9.64. The van der Waals surface area contributed by atoms with Crippen LogP contribution < -0.4 is 10.1 Å². The van der Waals surface area contributed by atoms with Crippen LogP contribution in [0.15, 0.2) is 53.1 Å². The zero-order valence-corrected chi connectivity index (χ0v) is 16.8. The molecule has 7 heteroatoms. The second kappa shape index (κ2) is 7.95. The number of hydrogen-bond acceptors (Lipinski definition) is 5. The topological polar surface area (TPSA) is 80.5 Å². The average molecular weight is 392 g/mol. The van der Waals surface area contributed by atoms with Crippen LogP contribution in [0.5, 0.6) is 5.75 Å². The summed E-state index contributed by atoms with van der Waals surface area (Å²) in [6.45, 7) is 5.21. The molecule has 0 bridgehead atoms. The Hall–Kier alpha value is -3.35. The number of carbonyl (C=O) groups is 1. The SMILES string of the molecule is COc1ccc(C)cc1NC(=O)N1CC(C)C(c2nc(-c3ccccc3)no2)C1. The highest BCUT2D eigenvalue weighted by atomic mass is 16.5. The molecular formula is C22H24N4O3. The molecule has 1 N–H and O–H groups in total. The van der Waals surface area contributed by atoms with Gasteiger partial charge in [0.2, 0.25) is 11.7 Å². The maximum Gasteiger partial charge on any atom is 0.321 e. The van der Waals surface area contributed by atoms with Crippen molar-refractivity contribution in [2.75, 3.05) is 25.5 Å². The normalized spacial score (nSPS) is 18.7. The van der Waals surface area contributed by atoms with Crippen molar-refractivity contribution >= 4 is 11.7 Å². The van der Waals surface area contributed by atoms with Crippen molar-refractivity contribution in [3.63, 3.8) is 0 Å². The predicted molar refractivity (Wildman–Crippen MR) is 110 cm³/mol. The Labute approximate surface area is 169 Å². The molecule has 2 heterocycles. The lowest BCUT2D eigenvalue weighted by atomic mass is 9.98. The van der Waals surface area contributed by atoms with Crippen LogP contribution in [0.25, 0.3) is 11.4 Å². The van der Waals surface area contributed by atoms with Gasteiger partial charge in [-0.05, 0) is 30.5 Å². The number of urea groups is 1. The fraction of sp³-hybridized carbons (Fsp3) is 0.318. The van der Waals surface area contributed by atoms with Gasteiger partial charge < -0.3 is 19.5 Å². The van der Waals surface area contributed by atoms with Gasteiger partial charge in [0.25, 0.3) is 0 Å². The largest absolute Gasteiger partial charge is 0.495 e. The molecule has 0 spiro atoms. The first-order chi connectivity index (χ1) is 14.0. The third kappa shape index (κ3) is 3.94. The molecule has 1 aromatic heterocycles. The molecule has 0 radical (unpaired) electrons. The van der Waals surface area contributed by atoms with Crippen LogP contribution in [0.1, 0.15) is 24.3 Å². The number of likely N-dealkylation sites (tertiary alicyclic amines) is 1. The quantitative estimate of drug-likeness (QED) is 0.715. The van der Waals surface area contributed by atoms with Gasteiger partial charge in [0.15, 0.2) is 0 Å². The second-order valence-corrected chi connectivity index (χ2v) is 7.44. The number of methoxy groups -OCH3 is 1. The van der Waals surface area contributed by atoms with Crippen molar-refractivity contribution < 1.29 is 14.1 Å². The molecular weight excluding hydrogens is 368 g/mol. The molecule has 0 aliphatic carbocycles. The smallest absolute Gasteiger partial charge is 0.321 e. The van der Waals surface area contributed by atoms with Gasteiger partial charge in [0.1, 0.15) is 5.75 Å². The van der Waals surface area contributed by atoms with Gasteiger partial charge in [-0.2, -0.15) is 4.98 Å². The number of amides is 2. The van der Waals surface area contributed by atoms with E-state index in [0.717, 1.165) is 11.1 Å². The fourth-order valence-electron chi connectivity index (χ4n) is 3.66. The van der Waals surface area contributed by atoms with Gasteiger partial charge in [-0.1, -0.05) is 48.5 Å². The van der Waals surface area contributed by atoms with Crippen LogP contribution in [0, 0.1) is 12.8 Å². The Morgan fingerprint density at radius 3 is 2.76 bits per heavy atom. The molecule has 1 aliphatic heterocycles. The molecule has 2 atom stereocenters. The van der Waals surface area contributed by atoms with Crippen LogP contribution in [0.2, 0.25) is 0 Å². The molecule has 0 saturated carbocycles. The summed E-state index contributed by atoms with van der Waals surface area (Å²) >= 11 is 0. The van der Waals surface area contributed by atoms with E-state index in [4.69, 9.17) is 9.26 Å². The first kappa shape index (κ1) is 19.0. The Morgan fingerprint density at radius 2 is 2.00 bits per heavy atom. The van der Waals surface area contributed by atoms with Crippen molar-refractivity contribution in [3.8, 4) is 17.1 Å². The number of aromatic nitrogens is 2. The minimum atomic E-state index is -0.161. The third-order valence-corrected chi connectivity index (χ3v) is 5.29. The number of hydrogen-bond donors (Lipinski definition) is 1. The molecule has 2 aromatic carbocycles. The Morgan fingerprint density at radius 1 is 1.21 bits per heavy atom. The monoisotopic (exact) mass is 392 g/mol. The van der Waals surface area contributed by atoms with Crippen molar-refractivity contribution in [2.45, 2.75) is 19.8 Å². The first-order valence-corrected chi connectivity index (χ1v) is 9.64. The molecule has 1 aliphatic rings. The Bertz CT molecular complexity index is 1000. The average Bonchev–Trinajstić information content (AvgIpc) is 3.35. The molecule has 29 heavy (non-hydrogen) atoms. The lowest BCUT2D eigenvalue weighted by Crippen LogP contribution is -2.33. The third-order valence-electron chi connectivity index (χ3n) is 5.29. The summed E-state index contributed by atoms with van der Waals surface area (Å²) in [5.74, 6) is 1.99. The van der Waals surface area contributed by atoms with Crippen LogP contribution in [0.4, 0.5) is 10.5 Å². The summed E-state index contributed by atoms with van der Waals surface area (Å²) in [4.78, 5) is 19.2. The zero-order chi connectivity index (χ0) is 20.4. The van der Waals surface area contributed by atoms with Gasteiger partial charge in [-0.15, -0.1) is 0 Å². The maximum absolute atomic E-state index is 12.8. The van der Waals surface area contributed by atoms with E-state index in [1.165, 1.54) is 0 Å². The molecule has 1 saturated heterocycles. The molecule has 7 nitrogen and oxygen atoms in total. The van der Waals surface area contributed by atoms with Crippen LogP contribution in [-0.4, -0.2) is 41.3 Å². The standard InChI is InChI=1S/C22H24N4O3/c1-14-9-10-19(28-3)18(11-14)23-22(27)26-12-15(2)17(13-26)21-24-20(25-29-21)16-7-5-4-6-8-16/h4-11,15,17H,12-13H2,1-3H3,(H,23,27). The molecule has 3 aromatic rings. The number of rotatable bonds is 4. The van der Waals surface area contributed by atoms with Crippen molar-refractivity contribution in [1.82, 2.24) is 15.0 Å². The van der Waals surface area contributed by atoms with Crippen LogP contribution in [0.3, 0.4) is 0 Å². The summed E-state index contributed by atoms with van der Waals surface area (Å²) in [6.07, 6.45) is 0. The fourth-order valence-corrected chi connectivity index (χ4v) is 3.66. The molecule has 150 valence electrons. The summed E-state index contributed by atoms with van der Waals surface area (Å²) in [5.41, 5.74) is 2.63. The van der Waals surface area contributed by atoms with Gasteiger partial charge in [0.05, 0.1) is 18.7 Å². The highest BCUT2D eigenvalue weighted by Crippen LogP contribution is 2.33. The van der Waals surface area contributed by atoms with Gasteiger partial charge >= 0.3 is 6.03 Å². The molecule has 4 rings (SSSR count). The van der Waals surface area contributed by atoms with E-state index in [1.807, 2.05) is 55.5 Å². The highest BCUT2D eigenvalue weighted by molar-refractivity contribution is 5.91. The molecule has 1 fully saturated rings. The number of carbonyl (C=O) groups excluding carboxylic acids is 1. The molecule has 2 amide bonds. The van der Waals surface area contributed by atoms with E-state index in [9.17, 15) is 4.79 Å². The van der Waals surface area contributed by atoms with Gasteiger partial charge in [-0.3, -0.25) is 0 Å². The van der Waals surface area contributed by atoms with E-state index in [1.54, 1.807) is 12.0 Å². The van der Waals surface area contributed by atoms with Crippen LogP contribution in [-0.2, 0) is 0 Å². The number of aryl methyl sites for hydroxylation is 1. The van der Waals surface area contributed by atoms with Gasteiger partial charge in [0, 0.05) is 18.7 Å². The van der Waals surface area contributed by atoms with Crippen molar-refractivity contribution in [3.05, 3.63) is 60.0 Å². The van der Waals surface area contributed by atoms with E-state index >= 15 is 0 Å². The highest BCUT2D eigenvalue weighted by Gasteiger charge is 2.37. The predicted octanol–water partition coefficient (Wildman–Crippen LogP) is 4.32. The number of benzene rings is 2. The van der Waals surface area contributed by atoms with Crippen molar-refractivity contribution in [1.29, 1.82) is 0 Å². The lowest BCUT2D eigenvalue weighted by Gasteiger charge is -2.18. The number of ether oxygens (including phenoxy) is 1. The number of anilines is 1. The minimum Gasteiger partial charge on any atom is -0.495 e. The van der Waals surface area contributed by atoms with Crippen LogP contribution >= 0.6 is 0 Å². The summed E-state index contributed by atoms with van der Waals surface area (Å²) < 4.78 is 10.9. The summed E-state index contributed by atoms with van der Waals surface area (Å²) in [6, 6.07) is 15.3. The van der Waals surface area contributed by atoms with E-state index in [-0.39, 0.29) is 17.9 Å². The Kier molecular flexibility index (Phi) is 5.20. The molecule has 2 unspecified atom stereocenters. The van der Waals surface area contributed by atoms with Crippen molar-refractivity contribution in [2.24, 2.45) is 5.92 Å². The van der Waals surface area contributed by atoms with Gasteiger partial charge in [-0.25, -0.2) is 4.79 Å².